The van der Waals surface area contributed by atoms with E-state index in [2.05, 4.69) is 81.4 Å². The molecular formula is C25H36O3Si. The van der Waals surface area contributed by atoms with E-state index in [0.29, 0.717) is 31.8 Å². The van der Waals surface area contributed by atoms with Crippen molar-refractivity contribution in [2.45, 2.75) is 57.6 Å². The zero-order valence-corrected chi connectivity index (χ0v) is 19.1. The molecule has 29 heavy (non-hydrogen) atoms. The van der Waals surface area contributed by atoms with Gasteiger partial charge in [0.25, 0.3) is 8.32 Å². The minimum Gasteiger partial charge on any atom is -0.405 e. The summed E-state index contributed by atoms with van der Waals surface area (Å²) < 4.78 is 13.0. The first-order valence-electron chi connectivity index (χ1n) is 10.9. The Balaban J connectivity index is 1.74. The van der Waals surface area contributed by atoms with Crippen molar-refractivity contribution >= 4 is 18.7 Å². The molecule has 2 aromatic rings. The molecule has 3 rings (SSSR count). The van der Waals surface area contributed by atoms with Gasteiger partial charge in [0.2, 0.25) is 0 Å². The van der Waals surface area contributed by atoms with Gasteiger partial charge in [-0.15, -0.1) is 0 Å². The molecule has 0 unspecified atom stereocenters. The van der Waals surface area contributed by atoms with E-state index < -0.39 is 8.32 Å². The molecule has 1 fully saturated rings. The van der Waals surface area contributed by atoms with Crippen molar-refractivity contribution in [1.29, 1.82) is 0 Å². The van der Waals surface area contributed by atoms with Crippen LogP contribution in [0.1, 0.15) is 46.5 Å². The number of ether oxygens (including phenoxy) is 1. The molecule has 0 saturated heterocycles. The lowest BCUT2D eigenvalue weighted by atomic mass is 9.88. The largest absolute Gasteiger partial charge is 0.405 e. The van der Waals surface area contributed by atoms with Crippen molar-refractivity contribution in [2.75, 3.05) is 19.8 Å². The summed E-state index contributed by atoms with van der Waals surface area (Å²) in [5.74, 6) is 0.461. The van der Waals surface area contributed by atoms with E-state index in [0.717, 1.165) is 25.7 Å². The second-order valence-electron chi connectivity index (χ2n) is 9.21. The molecule has 3 nitrogen and oxygen atoms in total. The molecule has 1 aliphatic carbocycles. The quantitative estimate of drug-likeness (QED) is 0.523. The van der Waals surface area contributed by atoms with Crippen LogP contribution in [-0.4, -0.2) is 39.3 Å². The molecule has 1 N–H and O–H groups in total. The minimum atomic E-state index is -2.47. The summed E-state index contributed by atoms with van der Waals surface area (Å²) in [6, 6.07) is 21.5. The topological polar surface area (TPSA) is 38.7 Å². The molecular weight excluding hydrogens is 376 g/mol. The lowest BCUT2D eigenvalue weighted by Gasteiger charge is -2.43. The van der Waals surface area contributed by atoms with Crippen LogP contribution < -0.4 is 10.4 Å². The summed E-state index contributed by atoms with van der Waals surface area (Å²) in [7, 11) is -2.47. The third-order valence-corrected chi connectivity index (χ3v) is 11.3. The molecule has 158 valence electrons. The van der Waals surface area contributed by atoms with Gasteiger partial charge in [-0.25, -0.2) is 0 Å². The highest BCUT2D eigenvalue weighted by Gasteiger charge is 2.50. The molecule has 0 amide bonds. The van der Waals surface area contributed by atoms with Gasteiger partial charge in [-0.1, -0.05) is 81.4 Å². The van der Waals surface area contributed by atoms with Gasteiger partial charge in [-0.05, 0) is 47.0 Å². The van der Waals surface area contributed by atoms with Crippen molar-refractivity contribution in [3.8, 4) is 0 Å². The average molecular weight is 413 g/mol. The van der Waals surface area contributed by atoms with E-state index in [1.807, 2.05) is 0 Å². The van der Waals surface area contributed by atoms with Gasteiger partial charge in [-0.3, -0.25) is 0 Å². The maximum atomic E-state index is 9.32. The highest BCUT2D eigenvalue weighted by Crippen LogP contribution is 2.36. The first kappa shape index (κ1) is 22.2. The Hall–Kier alpha value is -1.46. The van der Waals surface area contributed by atoms with Gasteiger partial charge in [0.1, 0.15) is 0 Å². The van der Waals surface area contributed by atoms with Crippen LogP contribution in [0.3, 0.4) is 0 Å². The fourth-order valence-electron chi connectivity index (χ4n) is 4.65. The summed E-state index contributed by atoms with van der Waals surface area (Å²) in [5.41, 5.74) is 0. The van der Waals surface area contributed by atoms with Crippen LogP contribution in [-0.2, 0) is 9.16 Å². The Morgan fingerprint density at radius 3 is 1.79 bits per heavy atom. The first-order chi connectivity index (χ1) is 14.0. The molecule has 0 aliphatic heterocycles. The average Bonchev–Trinajstić information content (AvgIpc) is 2.74. The van der Waals surface area contributed by atoms with Crippen LogP contribution in [0.5, 0.6) is 0 Å². The second-order valence-corrected chi connectivity index (χ2v) is 13.5. The van der Waals surface area contributed by atoms with Crippen LogP contribution >= 0.6 is 0 Å². The Morgan fingerprint density at radius 1 is 0.828 bits per heavy atom. The molecule has 1 aliphatic rings. The van der Waals surface area contributed by atoms with Crippen molar-refractivity contribution in [3.05, 3.63) is 60.7 Å². The summed E-state index contributed by atoms with van der Waals surface area (Å²) in [6.45, 7) is 8.44. The van der Waals surface area contributed by atoms with Crippen molar-refractivity contribution in [3.63, 3.8) is 0 Å². The smallest absolute Gasteiger partial charge is 0.261 e. The van der Waals surface area contributed by atoms with Gasteiger partial charge in [0.05, 0.1) is 19.3 Å². The van der Waals surface area contributed by atoms with Crippen LogP contribution in [0.15, 0.2) is 60.7 Å². The predicted octanol–water partition coefficient (Wildman–Crippen LogP) is 4.13. The van der Waals surface area contributed by atoms with E-state index in [4.69, 9.17) is 9.16 Å². The highest BCUT2D eigenvalue weighted by atomic mass is 28.4. The maximum absolute atomic E-state index is 9.32. The number of hydrogen-bond donors (Lipinski definition) is 1. The summed E-state index contributed by atoms with van der Waals surface area (Å²) in [4.78, 5) is 0. The predicted molar refractivity (Wildman–Crippen MR) is 122 cm³/mol. The third-order valence-electron chi connectivity index (χ3n) is 6.22. The van der Waals surface area contributed by atoms with Crippen LogP contribution in [0.2, 0.25) is 5.04 Å². The molecule has 4 heteroatoms. The summed E-state index contributed by atoms with van der Waals surface area (Å²) in [6.07, 6.45) is 4.53. The lowest BCUT2D eigenvalue weighted by Crippen LogP contribution is -2.66. The highest BCUT2D eigenvalue weighted by molar-refractivity contribution is 6.99. The first-order valence-corrected chi connectivity index (χ1v) is 12.9. The van der Waals surface area contributed by atoms with Crippen molar-refractivity contribution in [2.24, 2.45) is 5.92 Å². The minimum absolute atomic E-state index is 0.00507. The molecule has 0 aromatic heterocycles. The van der Waals surface area contributed by atoms with Gasteiger partial charge < -0.3 is 14.3 Å². The molecule has 2 aromatic carbocycles. The monoisotopic (exact) mass is 412 g/mol. The van der Waals surface area contributed by atoms with E-state index in [-0.39, 0.29) is 5.04 Å². The standard InChI is InChI=1S/C25H36O3Si/c1-25(2,3)29(23-10-6-4-7-11-23,24-12-8-5-9-13-24)28-19-18-27-22-16-14-21(20-26)15-17-22/h4-13,21-22,26H,14-20H2,1-3H3. The summed E-state index contributed by atoms with van der Waals surface area (Å²) >= 11 is 0. The molecule has 0 atom stereocenters. The van der Waals surface area contributed by atoms with Crippen molar-refractivity contribution < 1.29 is 14.3 Å². The Bertz CT molecular complexity index is 679. The van der Waals surface area contributed by atoms with Gasteiger partial charge in [0.15, 0.2) is 0 Å². The van der Waals surface area contributed by atoms with E-state index in [9.17, 15) is 5.11 Å². The van der Waals surface area contributed by atoms with Crippen LogP contribution in [0.25, 0.3) is 0 Å². The Kier molecular flexibility index (Phi) is 7.69. The number of rotatable bonds is 8. The zero-order chi connectivity index (χ0) is 20.7. The number of aliphatic hydroxyl groups is 1. The van der Waals surface area contributed by atoms with E-state index in [1.54, 1.807) is 0 Å². The van der Waals surface area contributed by atoms with Crippen LogP contribution in [0.4, 0.5) is 0 Å². The molecule has 0 heterocycles. The van der Waals surface area contributed by atoms with Crippen LogP contribution in [0, 0.1) is 5.92 Å². The number of aliphatic hydroxyl groups excluding tert-OH is 1. The fraction of sp³-hybridized carbons (Fsp3) is 0.520. The fourth-order valence-corrected chi connectivity index (χ4v) is 9.20. The molecule has 0 spiro atoms. The zero-order valence-electron chi connectivity index (χ0n) is 18.1. The lowest BCUT2D eigenvalue weighted by molar-refractivity contribution is -0.00228. The molecule has 0 radical (unpaired) electrons. The maximum Gasteiger partial charge on any atom is 0.261 e. The normalized spacial score (nSPS) is 20.6. The van der Waals surface area contributed by atoms with Gasteiger partial charge in [0, 0.05) is 6.61 Å². The van der Waals surface area contributed by atoms with E-state index in [1.165, 1.54) is 10.4 Å². The molecule has 0 bridgehead atoms. The molecule has 1 saturated carbocycles. The Morgan fingerprint density at radius 2 is 1.34 bits per heavy atom. The Labute approximate surface area is 177 Å². The summed E-state index contributed by atoms with van der Waals surface area (Å²) in [5, 5.41) is 11.9. The van der Waals surface area contributed by atoms with Gasteiger partial charge in [-0.2, -0.15) is 0 Å². The second kappa shape index (κ2) is 10.0. The van der Waals surface area contributed by atoms with Crippen molar-refractivity contribution in [1.82, 2.24) is 0 Å². The number of benzene rings is 2. The number of hydrogen-bond acceptors (Lipinski definition) is 3. The third kappa shape index (κ3) is 5.18. The van der Waals surface area contributed by atoms with Gasteiger partial charge >= 0.3 is 0 Å². The van der Waals surface area contributed by atoms with E-state index >= 15 is 0 Å². The SMILES string of the molecule is CC(C)(C)[Si](OCCOC1CCC(CO)CC1)(c1ccccc1)c1ccccc1.